The second-order valence-corrected chi connectivity index (χ2v) is 18.1. The van der Waals surface area contributed by atoms with Crippen LogP contribution < -0.4 is 0 Å². The van der Waals surface area contributed by atoms with Gasteiger partial charge in [0.05, 0.1) is 12.0 Å². The minimum Gasteiger partial charge on any atom is -0.413 e. The number of benzene rings is 1. The Bertz CT molecular complexity index is 1440. The molecule has 4 atom stereocenters. The Hall–Kier alpha value is -1.85. The smallest absolute Gasteiger partial charge is 0.195 e. The molecule has 2 saturated heterocycles. The molecule has 2 fully saturated rings. The number of halogens is 2. The fraction of sp³-hybridized carbons (Fsp3) is 0.536. The fourth-order valence-electron chi connectivity index (χ4n) is 5.14. The molecule has 0 N–H and O–H groups in total. The van der Waals surface area contributed by atoms with Crippen LogP contribution in [0.3, 0.4) is 0 Å². The molecule has 39 heavy (non-hydrogen) atoms. The summed E-state index contributed by atoms with van der Waals surface area (Å²) in [6.45, 7) is 16.7. The first-order chi connectivity index (χ1) is 18.0. The monoisotopic (exact) mass is 591 g/mol. The SMILES string of the molecule is CC1(C)O[C@H]2[C@H](n3ccc4c(Cl)ncnc43)OC(C(=O)c3ccc(Cl)cc3CO[Si](C)(C)C(C)(C)C)[C@@]2(C)O1. The van der Waals surface area contributed by atoms with E-state index in [4.69, 9.17) is 41.8 Å². The summed E-state index contributed by atoms with van der Waals surface area (Å²) < 4.78 is 27.6. The number of Topliss-reactive ketones (excluding diaryl/α,β-unsaturated/α-hetero) is 1. The van der Waals surface area contributed by atoms with Gasteiger partial charge in [-0.1, -0.05) is 44.0 Å². The van der Waals surface area contributed by atoms with Crippen molar-refractivity contribution < 1.29 is 23.4 Å². The van der Waals surface area contributed by atoms with E-state index in [1.807, 2.05) is 37.6 Å². The number of ketones is 1. The lowest BCUT2D eigenvalue weighted by Gasteiger charge is -2.36. The third-order valence-corrected chi connectivity index (χ3v) is 13.2. The Morgan fingerprint density at radius 2 is 1.87 bits per heavy atom. The van der Waals surface area contributed by atoms with Crippen molar-refractivity contribution in [2.45, 2.75) is 96.1 Å². The zero-order valence-corrected chi connectivity index (χ0v) is 26.1. The summed E-state index contributed by atoms with van der Waals surface area (Å²) in [5, 5.41) is 1.57. The molecule has 0 amide bonds. The van der Waals surface area contributed by atoms with Crippen LogP contribution in [0.2, 0.25) is 28.3 Å². The van der Waals surface area contributed by atoms with Gasteiger partial charge in [-0.2, -0.15) is 0 Å². The molecule has 1 unspecified atom stereocenters. The van der Waals surface area contributed by atoms with Gasteiger partial charge in [-0.25, -0.2) is 9.97 Å². The van der Waals surface area contributed by atoms with Crippen LogP contribution in [0.4, 0.5) is 0 Å². The molecule has 0 bridgehead atoms. The quantitative estimate of drug-likeness (QED) is 0.174. The average Bonchev–Trinajstić information content (AvgIpc) is 3.44. The highest BCUT2D eigenvalue weighted by Gasteiger charge is 2.66. The van der Waals surface area contributed by atoms with Gasteiger partial charge in [0.2, 0.25) is 0 Å². The van der Waals surface area contributed by atoms with Crippen molar-refractivity contribution in [1.29, 1.82) is 0 Å². The number of hydrogen-bond donors (Lipinski definition) is 0. The second kappa shape index (κ2) is 9.62. The van der Waals surface area contributed by atoms with Crippen LogP contribution in [0, 0.1) is 0 Å². The Kier molecular flexibility index (Phi) is 7.07. The number of carbonyl (C=O) groups is 1. The number of ether oxygens (including phenoxy) is 3. The topological polar surface area (TPSA) is 84.7 Å². The molecule has 3 aromatic rings. The standard InChI is InChI=1S/C28H35Cl2N3O5Si/c1-26(2,3)39(7,8)35-14-16-13-17(29)9-10-18(16)20(34)21-28(6)22(37-27(4,5)38-28)25(36-21)33-12-11-19-23(30)31-15-32-24(19)33/h9-13,15,21-22,25H,14H2,1-8H3/t21?,22-,25+,28+/m0/s1. The van der Waals surface area contributed by atoms with E-state index in [1.54, 1.807) is 18.2 Å². The molecular formula is C28H35Cl2N3O5Si. The zero-order valence-electron chi connectivity index (χ0n) is 23.5. The molecule has 2 aliphatic rings. The number of carbonyl (C=O) groups excluding carboxylic acids is 1. The third kappa shape index (κ3) is 4.96. The van der Waals surface area contributed by atoms with Crippen LogP contribution in [0.5, 0.6) is 0 Å². The van der Waals surface area contributed by atoms with Crippen molar-refractivity contribution in [3.63, 3.8) is 0 Å². The molecule has 210 valence electrons. The molecule has 0 aliphatic carbocycles. The van der Waals surface area contributed by atoms with Crippen molar-refractivity contribution in [3.8, 4) is 0 Å². The number of nitrogens with zero attached hydrogens (tertiary/aromatic N) is 3. The van der Waals surface area contributed by atoms with E-state index in [0.717, 1.165) is 0 Å². The van der Waals surface area contributed by atoms with Gasteiger partial charge in [0.25, 0.3) is 0 Å². The molecule has 1 aromatic carbocycles. The van der Waals surface area contributed by atoms with Gasteiger partial charge in [-0.3, -0.25) is 4.79 Å². The average molecular weight is 593 g/mol. The van der Waals surface area contributed by atoms with Gasteiger partial charge in [0.15, 0.2) is 32.2 Å². The van der Waals surface area contributed by atoms with E-state index >= 15 is 0 Å². The molecule has 0 radical (unpaired) electrons. The zero-order chi connectivity index (χ0) is 28.5. The van der Waals surface area contributed by atoms with Crippen molar-refractivity contribution in [1.82, 2.24) is 14.5 Å². The summed E-state index contributed by atoms with van der Waals surface area (Å²) in [5.41, 5.74) is 0.711. The maximum atomic E-state index is 14.3. The van der Waals surface area contributed by atoms with Crippen LogP contribution in [0.1, 0.15) is 63.7 Å². The maximum absolute atomic E-state index is 14.3. The van der Waals surface area contributed by atoms with Crippen LogP contribution in [0.25, 0.3) is 11.0 Å². The van der Waals surface area contributed by atoms with Crippen molar-refractivity contribution in [2.24, 2.45) is 0 Å². The normalized spacial score (nSPS) is 26.8. The van der Waals surface area contributed by atoms with Gasteiger partial charge in [0.1, 0.15) is 28.8 Å². The van der Waals surface area contributed by atoms with E-state index in [2.05, 4.69) is 43.8 Å². The van der Waals surface area contributed by atoms with Crippen LogP contribution in [0.15, 0.2) is 36.8 Å². The number of aromatic nitrogens is 3. The highest BCUT2D eigenvalue weighted by molar-refractivity contribution is 6.74. The largest absolute Gasteiger partial charge is 0.413 e. The Morgan fingerprint density at radius 1 is 1.15 bits per heavy atom. The number of hydrogen-bond acceptors (Lipinski definition) is 7. The molecule has 5 rings (SSSR count). The highest BCUT2D eigenvalue weighted by atomic mass is 35.5. The molecule has 8 nitrogen and oxygen atoms in total. The molecule has 4 heterocycles. The van der Waals surface area contributed by atoms with Gasteiger partial charge in [-0.15, -0.1) is 0 Å². The summed E-state index contributed by atoms with van der Waals surface area (Å²) in [7, 11) is -2.08. The Labute approximate surface area is 240 Å². The minimum atomic E-state index is -2.08. The van der Waals surface area contributed by atoms with Crippen LogP contribution in [-0.4, -0.2) is 52.2 Å². The second-order valence-electron chi connectivity index (χ2n) is 12.5. The van der Waals surface area contributed by atoms with Crippen LogP contribution in [-0.2, 0) is 25.2 Å². The Morgan fingerprint density at radius 3 is 2.56 bits per heavy atom. The van der Waals surface area contributed by atoms with E-state index < -0.39 is 38.1 Å². The predicted molar refractivity (Wildman–Crippen MR) is 153 cm³/mol. The summed E-state index contributed by atoms with van der Waals surface area (Å²) in [6.07, 6.45) is 0.977. The lowest BCUT2D eigenvalue weighted by molar-refractivity contribution is -0.203. The van der Waals surface area contributed by atoms with Gasteiger partial charge in [0, 0.05) is 16.8 Å². The number of fused-ring (bicyclic) bond motifs is 2. The predicted octanol–water partition coefficient (Wildman–Crippen LogP) is 6.95. The molecule has 2 aromatic heterocycles. The van der Waals surface area contributed by atoms with E-state index in [0.29, 0.717) is 32.3 Å². The summed E-state index contributed by atoms with van der Waals surface area (Å²) in [4.78, 5) is 22.8. The van der Waals surface area contributed by atoms with E-state index in [1.165, 1.54) is 6.33 Å². The van der Waals surface area contributed by atoms with Gasteiger partial charge in [-0.05, 0) is 68.7 Å². The summed E-state index contributed by atoms with van der Waals surface area (Å²) in [5.74, 6) is -1.15. The fourth-order valence-corrected chi connectivity index (χ4v) is 6.48. The van der Waals surface area contributed by atoms with Crippen molar-refractivity contribution in [3.05, 3.63) is 58.1 Å². The molecule has 0 spiro atoms. The maximum Gasteiger partial charge on any atom is 0.195 e. The van der Waals surface area contributed by atoms with E-state index in [-0.39, 0.29) is 17.4 Å². The van der Waals surface area contributed by atoms with Crippen molar-refractivity contribution in [2.75, 3.05) is 0 Å². The highest BCUT2D eigenvalue weighted by Crippen LogP contribution is 2.51. The molecule has 0 saturated carbocycles. The summed E-state index contributed by atoms with van der Waals surface area (Å²) >= 11 is 12.7. The lowest BCUT2D eigenvalue weighted by atomic mass is 9.88. The Balaban J connectivity index is 1.52. The summed E-state index contributed by atoms with van der Waals surface area (Å²) in [6, 6.07) is 7.07. The first-order valence-electron chi connectivity index (χ1n) is 13.0. The molecular weight excluding hydrogens is 557 g/mol. The van der Waals surface area contributed by atoms with Gasteiger partial charge < -0.3 is 23.2 Å². The van der Waals surface area contributed by atoms with Gasteiger partial charge >= 0.3 is 0 Å². The number of rotatable bonds is 6. The van der Waals surface area contributed by atoms with Crippen molar-refractivity contribution >= 4 is 48.3 Å². The minimum absolute atomic E-state index is 0.0187. The third-order valence-electron chi connectivity index (χ3n) is 8.20. The first-order valence-corrected chi connectivity index (χ1v) is 16.7. The lowest BCUT2D eigenvalue weighted by Crippen LogP contribution is -2.47. The molecule has 11 heteroatoms. The van der Waals surface area contributed by atoms with Crippen LogP contribution >= 0.6 is 23.2 Å². The molecule has 2 aliphatic heterocycles. The van der Waals surface area contributed by atoms with E-state index in [9.17, 15) is 4.79 Å². The first kappa shape index (κ1) is 28.7.